The Hall–Kier alpha value is -2.97. The lowest BCUT2D eigenvalue weighted by Crippen LogP contribution is -2.04. The van der Waals surface area contributed by atoms with Crippen LogP contribution >= 0.6 is 0 Å². The van der Waals surface area contributed by atoms with E-state index in [-0.39, 0.29) is 12.2 Å². The summed E-state index contributed by atoms with van der Waals surface area (Å²) < 4.78 is 12.5. The molecule has 0 unspecified atom stereocenters. The number of aryl methyl sites for hydroxylation is 3. The zero-order valence-corrected chi connectivity index (χ0v) is 13.2. The van der Waals surface area contributed by atoms with Gasteiger partial charge < -0.3 is 8.83 Å². The second kappa shape index (κ2) is 5.34. The van der Waals surface area contributed by atoms with Crippen LogP contribution in [0, 0.1) is 37.8 Å². The van der Waals surface area contributed by atoms with Crippen LogP contribution in [0.4, 0.5) is 5.69 Å². The van der Waals surface area contributed by atoms with Crippen molar-refractivity contribution in [1.29, 1.82) is 0 Å². The summed E-state index contributed by atoms with van der Waals surface area (Å²) >= 11 is 0. The Morgan fingerprint density at radius 1 is 1.22 bits per heavy atom. The normalized spacial score (nSPS) is 11.1. The van der Waals surface area contributed by atoms with Gasteiger partial charge in [0, 0.05) is 0 Å². The van der Waals surface area contributed by atoms with E-state index < -0.39 is 4.92 Å². The van der Waals surface area contributed by atoms with E-state index in [1.807, 2.05) is 19.9 Å². The first-order valence-electron chi connectivity index (χ1n) is 6.95. The van der Waals surface area contributed by atoms with Crippen molar-refractivity contribution in [3.05, 3.63) is 45.0 Å². The van der Waals surface area contributed by atoms with E-state index in [4.69, 9.17) is 8.83 Å². The smallest absolute Gasteiger partial charge is 0.312 e. The van der Waals surface area contributed by atoms with Gasteiger partial charge in [-0.3, -0.25) is 14.8 Å². The van der Waals surface area contributed by atoms with Gasteiger partial charge in [0.15, 0.2) is 0 Å². The highest BCUT2D eigenvalue weighted by molar-refractivity contribution is 5.55. The largest absolute Gasteiger partial charge is 0.466 e. The Kier molecular flexibility index (Phi) is 3.47. The van der Waals surface area contributed by atoms with E-state index in [0.29, 0.717) is 28.9 Å². The van der Waals surface area contributed by atoms with E-state index in [1.165, 1.54) is 4.68 Å². The molecular formula is C14H15N5O4. The van der Waals surface area contributed by atoms with Gasteiger partial charge in [-0.1, -0.05) is 0 Å². The molecule has 0 saturated heterocycles. The highest BCUT2D eigenvalue weighted by atomic mass is 16.6. The zero-order valence-electron chi connectivity index (χ0n) is 13.2. The van der Waals surface area contributed by atoms with Crippen LogP contribution in [0.5, 0.6) is 0 Å². The first-order valence-corrected chi connectivity index (χ1v) is 6.95. The molecular weight excluding hydrogens is 302 g/mol. The van der Waals surface area contributed by atoms with E-state index >= 15 is 0 Å². The van der Waals surface area contributed by atoms with Crippen LogP contribution in [0.15, 0.2) is 14.9 Å². The maximum absolute atomic E-state index is 11.0. The molecule has 0 aliphatic rings. The van der Waals surface area contributed by atoms with E-state index in [2.05, 4.69) is 15.3 Å². The predicted molar refractivity (Wildman–Crippen MR) is 78.9 cm³/mol. The van der Waals surface area contributed by atoms with Gasteiger partial charge in [-0.05, 0) is 33.8 Å². The number of hydrogen-bond acceptors (Lipinski definition) is 7. The first-order chi connectivity index (χ1) is 10.9. The summed E-state index contributed by atoms with van der Waals surface area (Å²) in [7, 11) is 0. The van der Waals surface area contributed by atoms with E-state index in [0.717, 1.165) is 11.3 Å². The van der Waals surface area contributed by atoms with Crippen molar-refractivity contribution >= 4 is 5.69 Å². The van der Waals surface area contributed by atoms with Crippen molar-refractivity contribution in [2.75, 3.05) is 0 Å². The summed E-state index contributed by atoms with van der Waals surface area (Å²) in [6, 6.07) is 1.82. The number of nitrogens with zero attached hydrogens (tertiary/aromatic N) is 5. The molecule has 3 heterocycles. The first kappa shape index (κ1) is 14.9. The Bertz CT molecular complexity index is 889. The highest BCUT2D eigenvalue weighted by Gasteiger charge is 2.23. The molecule has 0 spiro atoms. The van der Waals surface area contributed by atoms with Crippen molar-refractivity contribution < 1.29 is 13.8 Å². The molecule has 0 aromatic carbocycles. The molecule has 0 aliphatic carbocycles. The molecule has 0 atom stereocenters. The molecule has 0 amide bonds. The molecule has 0 bridgehead atoms. The average Bonchev–Trinajstić information content (AvgIpc) is 3.10. The summed E-state index contributed by atoms with van der Waals surface area (Å²) in [6.07, 6.45) is 0. The lowest BCUT2D eigenvalue weighted by Gasteiger charge is -1.98. The summed E-state index contributed by atoms with van der Waals surface area (Å²) in [5.41, 5.74) is 1.54. The highest BCUT2D eigenvalue weighted by Crippen LogP contribution is 2.26. The minimum Gasteiger partial charge on any atom is -0.466 e. The van der Waals surface area contributed by atoms with Crippen LogP contribution in [0.1, 0.15) is 28.8 Å². The summed E-state index contributed by atoms with van der Waals surface area (Å²) in [5, 5.41) is 23.2. The van der Waals surface area contributed by atoms with Crippen molar-refractivity contribution in [1.82, 2.24) is 20.0 Å². The maximum atomic E-state index is 11.0. The average molecular weight is 317 g/mol. The molecule has 9 nitrogen and oxygen atoms in total. The fraction of sp³-hybridized carbons (Fsp3) is 0.357. The van der Waals surface area contributed by atoms with Crippen LogP contribution in [0.3, 0.4) is 0 Å². The fourth-order valence-corrected chi connectivity index (χ4v) is 2.50. The zero-order chi connectivity index (χ0) is 16.7. The van der Waals surface area contributed by atoms with Crippen LogP contribution in [-0.2, 0) is 6.54 Å². The SMILES string of the molecule is Cc1cc(-c2nnc(Cn3nc(C)c([N+](=O)[O-])c3C)o2)c(C)o1. The topological polar surface area (TPSA) is 113 Å². The minimum atomic E-state index is -0.439. The predicted octanol–water partition coefficient (Wildman–Crippen LogP) is 2.72. The van der Waals surface area contributed by atoms with E-state index in [9.17, 15) is 10.1 Å². The van der Waals surface area contributed by atoms with Crippen molar-refractivity contribution in [2.24, 2.45) is 0 Å². The van der Waals surface area contributed by atoms with Crippen LogP contribution in [-0.4, -0.2) is 24.9 Å². The van der Waals surface area contributed by atoms with Gasteiger partial charge in [0.25, 0.3) is 5.89 Å². The monoisotopic (exact) mass is 317 g/mol. The van der Waals surface area contributed by atoms with Gasteiger partial charge in [-0.15, -0.1) is 10.2 Å². The van der Waals surface area contributed by atoms with Crippen molar-refractivity contribution in [3.8, 4) is 11.5 Å². The number of rotatable bonds is 4. The molecule has 0 radical (unpaired) electrons. The molecule has 0 aliphatic heterocycles. The Morgan fingerprint density at radius 3 is 2.52 bits per heavy atom. The van der Waals surface area contributed by atoms with Gasteiger partial charge in [-0.2, -0.15) is 5.10 Å². The van der Waals surface area contributed by atoms with E-state index in [1.54, 1.807) is 13.8 Å². The molecule has 3 aromatic heterocycles. The summed E-state index contributed by atoms with van der Waals surface area (Å²) in [5.74, 6) is 2.12. The lowest BCUT2D eigenvalue weighted by atomic mass is 10.2. The van der Waals surface area contributed by atoms with Gasteiger partial charge in [0.1, 0.15) is 29.5 Å². The van der Waals surface area contributed by atoms with Crippen LogP contribution in [0.2, 0.25) is 0 Å². The number of nitro groups is 1. The molecule has 0 fully saturated rings. The third-order valence-electron chi connectivity index (χ3n) is 3.55. The van der Waals surface area contributed by atoms with Gasteiger partial charge in [-0.25, -0.2) is 0 Å². The Morgan fingerprint density at radius 2 is 1.96 bits per heavy atom. The van der Waals surface area contributed by atoms with Gasteiger partial charge in [0.05, 0.1) is 10.5 Å². The number of hydrogen-bond donors (Lipinski definition) is 0. The van der Waals surface area contributed by atoms with Crippen molar-refractivity contribution in [2.45, 2.75) is 34.2 Å². The molecule has 9 heteroatoms. The van der Waals surface area contributed by atoms with Crippen molar-refractivity contribution in [3.63, 3.8) is 0 Å². The third kappa shape index (κ3) is 2.60. The van der Waals surface area contributed by atoms with Crippen LogP contribution < -0.4 is 0 Å². The minimum absolute atomic E-state index is 0.00559. The Balaban J connectivity index is 1.89. The quantitative estimate of drug-likeness (QED) is 0.537. The number of aromatic nitrogens is 4. The molecule has 0 N–H and O–H groups in total. The molecule has 23 heavy (non-hydrogen) atoms. The second-order valence-corrected chi connectivity index (χ2v) is 5.26. The second-order valence-electron chi connectivity index (χ2n) is 5.26. The molecule has 0 saturated carbocycles. The lowest BCUT2D eigenvalue weighted by molar-refractivity contribution is -0.386. The summed E-state index contributed by atoms with van der Waals surface area (Å²) in [4.78, 5) is 10.6. The number of furan rings is 1. The van der Waals surface area contributed by atoms with Gasteiger partial charge in [0.2, 0.25) is 5.89 Å². The standard InChI is InChI=1S/C14H15N5O4/c1-7-5-11(10(4)22-7)14-16-15-12(23-14)6-18-9(3)13(19(20)21)8(2)17-18/h5H,6H2,1-4H3. The Labute approximate surface area is 131 Å². The summed E-state index contributed by atoms with van der Waals surface area (Å²) in [6.45, 7) is 7.06. The molecule has 3 rings (SSSR count). The molecule has 120 valence electrons. The fourth-order valence-electron chi connectivity index (χ4n) is 2.50. The third-order valence-corrected chi connectivity index (χ3v) is 3.55. The van der Waals surface area contributed by atoms with Gasteiger partial charge >= 0.3 is 5.69 Å². The maximum Gasteiger partial charge on any atom is 0.312 e. The molecule has 3 aromatic rings. The van der Waals surface area contributed by atoms with Crippen LogP contribution in [0.25, 0.3) is 11.5 Å².